The van der Waals surface area contributed by atoms with Crippen molar-refractivity contribution < 1.29 is 18.3 Å². The maximum absolute atomic E-state index is 12.6. The number of anilines is 1. The average Bonchev–Trinajstić information content (AvgIpc) is 2.56. The van der Waals surface area contributed by atoms with Crippen molar-refractivity contribution in [3.8, 4) is 0 Å². The van der Waals surface area contributed by atoms with Gasteiger partial charge in [-0.25, -0.2) is 8.42 Å². The van der Waals surface area contributed by atoms with E-state index in [0.29, 0.717) is 5.56 Å². The molecule has 0 amide bonds. The summed E-state index contributed by atoms with van der Waals surface area (Å²) in [6.07, 6.45) is 0. The fourth-order valence-corrected chi connectivity index (χ4v) is 3.55. The van der Waals surface area contributed by atoms with E-state index in [0.717, 1.165) is 10.8 Å². The molecular weight excluding hydrogens is 326 g/mol. The highest BCUT2D eigenvalue weighted by Gasteiger charge is 2.16. The second kappa shape index (κ2) is 5.98. The van der Waals surface area contributed by atoms with Crippen LogP contribution in [-0.2, 0) is 10.0 Å². The van der Waals surface area contributed by atoms with Crippen molar-refractivity contribution in [2.45, 2.75) is 11.8 Å². The van der Waals surface area contributed by atoms with Crippen LogP contribution in [-0.4, -0.2) is 14.4 Å². The first-order chi connectivity index (χ1) is 11.4. The number of fused-ring (bicyclic) bond motifs is 1. The van der Waals surface area contributed by atoms with E-state index in [2.05, 4.69) is 4.72 Å². The standard InChI is InChI=1S/C18H15NO4S/c1-12-6-7-15(18(20)21)11-17(12)19-24(22,23)16-9-8-13-4-2-3-5-14(13)10-16/h2-11,19H,1H3,(H,20,21)/p-1. The van der Waals surface area contributed by atoms with Crippen LogP contribution in [0.3, 0.4) is 0 Å². The third-order valence-electron chi connectivity index (χ3n) is 3.75. The van der Waals surface area contributed by atoms with E-state index in [4.69, 9.17) is 0 Å². The van der Waals surface area contributed by atoms with Gasteiger partial charge in [0.1, 0.15) is 0 Å². The molecule has 0 saturated carbocycles. The first-order valence-corrected chi connectivity index (χ1v) is 8.69. The van der Waals surface area contributed by atoms with Crippen LogP contribution in [0.4, 0.5) is 5.69 Å². The summed E-state index contributed by atoms with van der Waals surface area (Å²) in [5, 5.41) is 12.7. The van der Waals surface area contributed by atoms with Gasteiger partial charge in [-0.1, -0.05) is 42.5 Å². The van der Waals surface area contributed by atoms with Crippen molar-refractivity contribution in [2.75, 3.05) is 4.72 Å². The molecule has 0 spiro atoms. The smallest absolute Gasteiger partial charge is 0.261 e. The van der Waals surface area contributed by atoms with Crippen molar-refractivity contribution in [2.24, 2.45) is 0 Å². The zero-order chi connectivity index (χ0) is 17.3. The highest BCUT2D eigenvalue weighted by molar-refractivity contribution is 7.92. The van der Waals surface area contributed by atoms with Gasteiger partial charge in [-0.15, -0.1) is 0 Å². The lowest BCUT2D eigenvalue weighted by atomic mass is 10.1. The molecule has 0 unspecified atom stereocenters. The molecule has 0 bridgehead atoms. The maximum atomic E-state index is 12.6. The van der Waals surface area contributed by atoms with Crippen LogP contribution < -0.4 is 9.83 Å². The number of carboxylic acids is 1. The number of carboxylic acid groups (broad SMARTS) is 1. The third kappa shape index (κ3) is 3.09. The summed E-state index contributed by atoms with van der Waals surface area (Å²) < 4.78 is 27.7. The van der Waals surface area contributed by atoms with Crippen molar-refractivity contribution >= 4 is 32.5 Å². The molecule has 0 aliphatic heterocycles. The van der Waals surface area contributed by atoms with Crippen LogP contribution in [0.5, 0.6) is 0 Å². The molecule has 0 radical (unpaired) electrons. The van der Waals surface area contributed by atoms with Gasteiger partial charge in [0.2, 0.25) is 0 Å². The summed E-state index contributed by atoms with van der Waals surface area (Å²) >= 11 is 0. The summed E-state index contributed by atoms with van der Waals surface area (Å²) in [5.74, 6) is -1.36. The zero-order valence-electron chi connectivity index (χ0n) is 12.8. The van der Waals surface area contributed by atoms with Crippen molar-refractivity contribution in [3.05, 3.63) is 71.8 Å². The number of rotatable bonds is 4. The molecule has 0 fully saturated rings. The number of sulfonamides is 1. The normalized spacial score (nSPS) is 11.4. The van der Waals surface area contributed by atoms with Gasteiger partial charge in [-0.05, 0) is 47.0 Å². The fourth-order valence-electron chi connectivity index (χ4n) is 2.40. The Morgan fingerprint density at radius 3 is 2.38 bits per heavy atom. The second-order valence-corrected chi connectivity index (χ2v) is 7.11. The van der Waals surface area contributed by atoms with Crippen LogP contribution in [0.1, 0.15) is 15.9 Å². The van der Waals surface area contributed by atoms with E-state index in [-0.39, 0.29) is 16.1 Å². The van der Waals surface area contributed by atoms with Gasteiger partial charge < -0.3 is 9.90 Å². The molecule has 122 valence electrons. The fraction of sp³-hybridized carbons (Fsp3) is 0.0556. The molecule has 3 rings (SSSR count). The number of hydrogen-bond donors (Lipinski definition) is 1. The minimum atomic E-state index is -3.83. The molecular formula is C18H14NO4S-. The Morgan fingerprint density at radius 2 is 1.67 bits per heavy atom. The summed E-state index contributed by atoms with van der Waals surface area (Å²) in [5.41, 5.74) is 0.742. The summed E-state index contributed by atoms with van der Waals surface area (Å²) in [7, 11) is -3.83. The molecule has 6 heteroatoms. The second-order valence-electron chi connectivity index (χ2n) is 5.43. The molecule has 5 nitrogen and oxygen atoms in total. The highest BCUT2D eigenvalue weighted by atomic mass is 32.2. The Balaban J connectivity index is 2.01. The first kappa shape index (κ1) is 16.0. The van der Waals surface area contributed by atoms with Gasteiger partial charge in [-0.2, -0.15) is 0 Å². The molecule has 24 heavy (non-hydrogen) atoms. The zero-order valence-corrected chi connectivity index (χ0v) is 13.6. The molecule has 0 atom stereocenters. The largest absolute Gasteiger partial charge is 0.545 e. The molecule has 0 aliphatic carbocycles. The summed E-state index contributed by atoms with van der Waals surface area (Å²) in [6, 6.07) is 16.4. The molecule has 0 saturated heterocycles. The molecule has 1 N–H and O–H groups in total. The number of hydrogen-bond acceptors (Lipinski definition) is 4. The SMILES string of the molecule is Cc1ccc(C(=O)[O-])cc1NS(=O)(=O)c1ccc2ccccc2c1. The summed E-state index contributed by atoms with van der Waals surface area (Å²) in [4.78, 5) is 11.1. The molecule has 0 heterocycles. The van der Waals surface area contributed by atoms with Gasteiger partial charge in [-0.3, -0.25) is 4.72 Å². The van der Waals surface area contributed by atoms with Crippen molar-refractivity contribution in [3.63, 3.8) is 0 Å². The Bertz CT molecular complexity index is 1040. The van der Waals surface area contributed by atoms with E-state index in [1.807, 2.05) is 24.3 Å². The van der Waals surface area contributed by atoms with Gasteiger partial charge in [0.25, 0.3) is 10.0 Å². The lowest BCUT2D eigenvalue weighted by Gasteiger charge is -2.13. The van der Waals surface area contributed by atoms with Gasteiger partial charge in [0.05, 0.1) is 16.6 Å². The molecule has 3 aromatic carbocycles. The van der Waals surface area contributed by atoms with E-state index in [9.17, 15) is 18.3 Å². The number of carbonyl (C=O) groups is 1. The minimum Gasteiger partial charge on any atom is -0.545 e. The van der Waals surface area contributed by atoms with Crippen LogP contribution in [0, 0.1) is 6.92 Å². The Kier molecular flexibility index (Phi) is 3.99. The Hall–Kier alpha value is -2.86. The lowest BCUT2D eigenvalue weighted by molar-refractivity contribution is -0.255. The monoisotopic (exact) mass is 340 g/mol. The number of aryl methyl sites for hydroxylation is 1. The predicted molar refractivity (Wildman–Crippen MR) is 90.3 cm³/mol. The number of nitrogens with one attached hydrogen (secondary N) is 1. The predicted octanol–water partition coefficient (Wildman–Crippen LogP) is 2.31. The van der Waals surface area contributed by atoms with Crippen LogP contribution in [0.2, 0.25) is 0 Å². The van der Waals surface area contributed by atoms with Crippen LogP contribution in [0.25, 0.3) is 10.8 Å². The van der Waals surface area contributed by atoms with E-state index in [1.54, 1.807) is 19.1 Å². The van der Waals surface area contributed by atoms with Crippen LogP contribution >= 0.6 is 0 Å². The van der Waals surface area contributed by atoms with E-state index >= 15 is 0 Å². The summed E-state index contributed by atoms with van der Waals surface area (Å²) in [6.45, 7) is 1.69. The highest BCUT2D eigenvalue weighted by Crippen LogP contribution is 2.23. The molecule has 0 aromatic heterocycles. The average molecular weight is 340 g/mol. The van der Waals surface area contributed by atoms with Gasteiger partial charge in [0, 0.05) is 0 Å². The van der Waals surface area contributed by atoms with Gasteiger partial charge in [0.15, 0.2) is 0 Å². The Morgan fingerprint density at radius 1 is 0.958 bits per heavy atom. The number of aromatic carboxylic acids is 1. The maximum Gasteiger partial charge on any atom is 0.261 e. The molecule has 0 aliphatic rings. The molecule has 3 aromatic rings. The number of benzene rings is 3. The Labute approximate surface area is 139 Å². The van der Waals surface area contributed by atoms with Crippen molar-refractivity contribution in [1.29, 1.82) is 0 Å². The van der Waals surface area contributed by atoms with Crippen LogP contribution in [0.15, 0.2) is 65.6 Å². The third-order valence-corrected chi connectivity index (χ3v) is 5.11. The van der Waals surface area contributed by atoms with E-state index < -0.39 is 16.0 Å². The van der Waals surface area contributed by atoms with Crippen molar-refractivity contribution in [1.82, 2.24) is 0 Å². The van der Waals surface area contributed by atoms with Gasteiger partial charge >= 0.3 is 0 Å². The first-order valence-electron chi connectivity index (χ1n) is 7.20. The number of carbonyl (C=O) groups excluding carboxylic acids is 1. The quantitative estimate of drug-likeness (QED) is 0.789. The topological polar surface area (TPSA) is 86.3 Å². The lowest BCUT2D eigenvalue weighted by Crippen LogP contribution is -2.22. The van der Waals surface area contributed by atoms with E-state index in [1.165, 1.54) is 24.3 Å². The minimum absolute atomic E-state index is 0.0863.